The maximum atomic E-state index is 13.0. The van der Waals surface area contributed by atoms with Crippen molar-refractivity contribution in [3.05, 3.63) is 101 Å². The Bertz CT molecular complexity index is 1280. The van der Waals surface area contributed by atoms with Gasteiger partial charge in [0.15, 0.2) is 0 Å². The fraction of sp³-hybridized carbons (Fsp3) is 0.300. The summed E-state index contributed by atoms with van der Waals surface area (Å²) in [6.45, 7) is 3.70. The molecule has 1 amide bonds. The van der Waals surface area contributed by atoms with Gasteiger partial charge in [0, 0.05) is 38.3 Å². The van der Waals surface area contributed by atoms with E-state index in [4.69, 9.17) is 19.5 Å². The molecule has 3 aromatic rings. The molecule has 1 atom stereocenters. The van der Waals surface area contributed by atoms with Crippen molar-refractivity contribution in [2.45, 2.75) is 12.7 Å². The molecule has 8 nitrogen and oxygen atoms in total. The van der Waals surface area contributed by atoms with E-state index in [9.17, 15) is 9.59 Å². The zero-order valence-electron chi connectivity index (χ0n) is 21.6. The quantitative estimate of drug-likeness (QED) is 0.398. The molecule has 1 saturated heterocycles. The Balaban J connectivity index is 1.38. The Hall–Kier alpha value is -4.19. The van der Waals surface area contributed by atoms with Gasteiger partial charge in [-0.2, -0.15) is 5.26 Å². The number of methoxy groups -OCH3 is 2. The first kappa shape index (κ1) is 26.9. The van der Waals surface area contributed by atoms with E-state index >= 15 is 0 Å². The summed E-state index contributed by atoms with van der Waals surface area (Å²) in [5.74, 6) is 0.287. The number of hydrogen-bond acceptors (Lipinski definition) is 7. The molecule has 8 heteroatoms. The van der Waals surface area contributed by atoms with Gasteiger partial charge in [-0.15, -0.1) is 0 Å². The van der Waals surface area contributed by atoms with Crippen LogP contribution < -0.4 is 4.74 Å². The Morgan fingerprint density at radius 2 is 1.61 bits per heavy atom. The second-order valence-electron chi connectivity index (χ2n) is 9.05. The lowest BCUT2D eigenvalue weighted by Gasteiger charge is -2.36. The summed E-state index contributed by atoms with van der Waals surface area (Å²) < 4.78 is 16.5. The lowest BCUT2D eigenvalue weighted by molar-refractivity contribution is 0.00333. The normalized spacial score (nSPS) is 14.4. The molecule has 1 aliphatic heterocycles. The smallest absolute Gasteiger partial charge is 0.337 e. The topological polar surface area (TPSA) is 92.1 Å². The van der Waals surface area contributed by atoms with Gasteiger partial charge in [0.1, 0.15) is 5.75 Å². The van der Waals surface area contributed by atoms with Gasteiger partial charge in [-0.25, -0.2) is 4.79 Å². The fourth-order valence-corrected chi connectivity index (χ4v) is 4.39. The summed E-state index contributed by atoms with van der Waals surface area (Å²) in [6.07, 6.45) is -0.200. The van der Waals surface area contributed by atoms with Gasteiger partial charge < -0.3 is 19.1 Å². The molecule has 0 unspecified atom stereocenters. The third kappa shape index (κ3) is 6.76. The largest absolute Gasteiger partial charge is 0.497 e. The number of ether oxygens (including phenoxy) is 3. The van der Waals surface area contributed by atoms with Crippen molar-refractivity contribution >= 4 is 11.9 Å². The van der Waals surface area contributed by atoms with Crippen LogP contribution in [0.3, 0.4) is 0 Å². The van der Waals surface area contributed by atoms with Gasteiger partial charge in [0.25, 0.3) is 5.91 Å². The molecule has 0 spiro atoms. The number of nitriles is 1. The summed E-state index contributed by atoms with van der Waals surface area (Å²) in [4.78, 5) is 28.8. The van der Waals surface area contributed by atoms with Crippen molar-refractivity contribution in [1.29, 1.82) is 5.26 Å². The van der Waals surface area contributed by atoms with Gasteiger partial charge in [0.2, 0.25) is 0 Å². The molecule has 0 N–H and O–H groups in total. The third-order valence-electron chi connectivity index (χ3n) is 6.64. The van der Waals surface area contributed by atoms with Crippen LogP contribution in [0, 0.1) is 11.3 Å². The van der Waals surface area contributed by atoms with E-state index in [1.165, 1.54) is 7.11 Å². The maximum absolute atomic E-state index is 13.0. The van der Waals surface area contributed by atoms with Crippen LogP contribution in [0.25, 0.3) is 0 Å². The molecule has 196 valence electrons. The summed E-state index contributed by atoms with van der Waals surface area (Å²) in [7, 11) is 2.97. The minimum Gasteiger partial charge on any atom is -0.497 e. The minimum absolute atomic E-state index is 0.0533. The standard InChI is InChI=1S/C30H31N3O5/c1-36-27-5-3-4-26(18-27)28(38-21-23-8-6-22(19-31)7-9-23)20-32-14-16-33(17-15-32)29(34)24-10-12-25(13-11-24)30(35)37-2/h3-13,18,28H,14-17,20-21H2,1-2H3/t28-/m0/s1. The predicted octanol–water partition coefficient (Wildman–Crippen LogP) is 4.07. The Labute approximate surface area is 222 Å². The van der Waals surface area contributed by atoms with Crippen LogP contribution in [0.15, 0.2) is 72.8 Å². The lowest BCUT2D eigenvalue weighted by atomic mass is 10.1. The van der Waals surface area contributed by atoms with Crippen LogP contribution >= 0.6 is 0 Å². The highest BCUT2D eigenvalue weighted by Crippen LogP contribution is 2.25. The van der Waals surface area contributed by atoms with Crippen molar-refractivity contribution in [3.8, 4) is 11.8 Å². The predicted molar refractivity (Wildman–Crippen MR) is 142 cm³/mol. The van der Waals surface area contributed by atoms with Crippen LogP contribution in [-0.4, -0.2) is 68.6 Å². The highest BCUT2D eigenvalue weighted by atomic mass is 16.5. The highest BCUT2D eigenvalue weighted by Gasteiger charge is 2.25. The first-order valence-electron chi connectivity index (χ1n) is 12.5. The molecular formula is C30H31N3O5. The number of carbonyl (C=O) groups excluding carboxylic acids is 2. The van der Waals surface area contributed by atoms with Crippen LogP contribution in [0.2, 0.25) is 0 Å². The van der Waals surface area contributed by atoms with Crippen molar-refractivity contribution in [1.82, 2.24) is 9.80 Å². The molecule has 4 rings (SSSR count). The fourth-order valence-electron chi connectivity index (χ4n) is 4.39. The van der Waals surface area contributed by atoms with Crippen LogP contribution in [0.4, 0.5) is 0 Å². The zero-order chi connectivity index (χ0) is 26.9. The van der Waals surface area contributed by atoms with Gasteiger partial charge in [-0.05, 0) is 59.7 Å². The van der Waals surface area contributed by atoms with Crippen LogP contribution in [0.1, 0.15) is 43.5 Å². The molecule has 38 heavy (non-hydrogen) atoms. The molecule has 1 fully saturated rings. The summed E-state index contributed by atoms with van der Waals surface area (Å²) in [6, 6.07) is 24.0. The molecule has 1 aliphatic rings. The van der Waals surface area contributed by atoms with Crippen LogP contribution in [0.5, 0.6) is 5.75 Å². The summed E-state index contributed by atoms with van der Waals surface area (Å²) >= 11 is 0. The molecular weight excluding hydrogens is 482 g/mol. The molecule has 0 saturated carbocycles. The van der Waals surface area contributed by atoms with E-state index in [1.807, 2.05) is 41.3 Å². The Morgan fingerprint density at radius 3 is 2.24 bits per heavy atom. The molecule has 0 bridgehead atoms. The van der Waals surface area contributed by atoms with E-state index in [1.54, 1.807) is 43.5 Å². The molecule has 1 heterocycles. The van der Waals surface area contributed by atoms with Crippen molar-refractivity contribution < 1.29 is 23.8 Å². The first-order valence-corrected chi connectivity index (χ1v) is 12.5. The number of hydrogen-bond donors (Lipinski definition) is 0. The van der Waals surface area contributed by atoms with E-state index < -0.39 is 5.97 Å². The second-order valence-corrected chi connectivity index (χ2v) is 9.05. The van der Waals surface area contributed by atoms with Crippen molar-refractivity contribution in [2.75, 3.05) is 46.9 Å². The molecule has 3 aromatic carbocycles. The third-order valence-corrected chi connectivity index (χ3v) is 6.64. The zero-order valence-corrected chi connectivity index (χ0v) is 21.6. The Morgan fingerprint density at radius 1 is 0.921 bits per heavy atom. The number of piperazine rings is 1. The molecule has 0 aliphatic carbocycles. The van der Waals surface area contributed by atoms with Gasteiger partial charge >= 0.3 is 5.97 Å². The van der Waals surface area contributed by atoms with Gasteiger partial charge in [-0.1, -0.05) is 24.3 Å². The average molecular weight is 514 g/mol. The van der Waals surface area contributed by atoms with Gasteiger partial charge in [0.05, 0.1) is 44.1 Å². The number of esters is 1. The number of rotatable bonds is 9. The lowest BCUT2D eigenvalue weighted by Crippen LogP contribution is -2.49. The minimum atomic E-state index is -0.426. The highest BCUT2D eigenvalue weighted by molar-refractivity contribution is 5.96. The van der Waals surface area contributed by atoms with E-state index in [0.29, 0.717) is 56.0 Å². The number of nitrogens with zero attached hydrogens (tertiary/aromatic N) is 3. The van der Waals surface area contributed by atoms with Crippen molar-refractivity contribution in [3.63, 3.8) is 0 Å². The Kier molecular flexibility index (Phi) is 9.09. The monoisotopic (exact) mass is 513 g/mol. The second kappa shape index (κ2) is 12.9. The first-order chi connectivity index (χ1) is 18.5. The number of amides is 1. The summed E-state index contributed by atoms with van der Waals surface area (Å²) in [5.41, 5.74) is 3.59. The average Bonchev–Trinajstić information content (AvgIpc) is 2.99. The number of carbonyl (C=O) groups is 2. The molecule has 0 radical (unpaired) electrons. The van der Waals surface area contributed by atoms with Gasteiger partial charge in [-0.3, -0.25) is 9.69 Å². The van der Waals surface area contributed by atoms with E-state index in [-0.39, 0.29) is 12.0 Å². The van der Waals surface area contributed by atoms with E-state index in [0.717, 1.165) is 16.9 Å². The SMILES string of the molecule is COC(=O)c1ccc(C(=O)N2CCN(C[C@H](OCc3ccc(C#N)cc3)c3cccc(OC)c3)CC2)cc1. The summed E-state index contributed by atoms with van der Waals surface area (Å²) in [5, 5.41) is 9.04. The molecule has 0 aromatic heterocycles. The number of benzene rings is 3. The van der Waals surface area contributed by atoms with E-state index in [2.05, 4.69) is 11.0 Å². The van der Waals surface area contributed by atoms with Crippen molar-refractivity contribution in [2.24, 2.45) is 0 Å². The van der Waals surface area contributed by atoms with Crippen LogP contribution in [-0.2, 0) is 16.1 Å². The maximum Gasteiger partial charge on any atom is 0.337 e.